The molecule has 2 heterocycles. The Morgan fingerprint density at radius 2 is 1.79 bits per heavy atom. The predicted octanol–water partition coefficient (Wildman–Crippen LogP) is 5.57. The minimum Gasteiger partial charge on any atom is -0.368 e. The Morgan fingerprint density at radius 3 is 2.42 bits per heavy atom. The van der Waals surface area contributed by atoms with Crippen LogP contribution in [-0.4, -0.2) is 59.3 Å². The second-order valence-electron chi connectivity index (χ2n) is 10.2. The SMILES string of the molecule is CCN1CCN(c2cc3c(cc2Cl)nc(Cc2cc(CNC(=O)C4(C(F)(F)F)CC4)ccc2Cl)n3C)CC1. The fourth-order valence-electron chi connectivity index (χ4n) is 5.12. The van der Waals surface area contributed by atoms with Crippen LogP contribution in [0.1, 0.15) is 36.7 Å². The van der Waals surface area contributed by atoms with Crippen LogP contribution in [0.25, 0.3) is 11.0 Å². The molecule has 0 spiro atoms. The van der Waals surface area contributed by atoms with E-state index >= 15 is 0 Å². The number of halogens is 5. The lowest BCUT2D eigenvalue weighted by molar-refractivity contribution is -0.192. The van der Waals surface area contributed by atoms with Crippen molar-refractivity contribution in [2.45, 2.75) is 38.9 Å². The number of fused-ring (bicyclic) bond motifs is 1. The molecule has 2 aromatic carbocycles. The van der Waals surface area contributed by atoms with Crippen LogP contribution in [-0.2, 0) is 24.8 Å². The smallest absolute Gasteiger partial charge is 0.368 e. The quantitative estimate of drug-likeness (QED) is 0.405. The van der Waals surface area contributed by atoms with Gasteiger partial charge < -0.3 is 19.7 Å². The molecule has 1 amide bonds. The van der Waals surface area contributed by atoms with Crippen LogP contribution in [0.4, 0.5) is 18.9 Å². The molecule has 3 aromatic rings. The highest BCUT2D eigenvalue weighted by Crippen LogP contribution is 2.57. The number of hydrogen-bond acceptors (Lipinski definition) is 4. The van der Waals surface area contributed by atoms with Crippen LogP contribution >= 0.6 is 23.2 Å². The molecule has 2 fully saturated rings. The number of aromatic nitrogens is 2. The van der Waals surface area contributed by atoms with E-state index in [4.69, 9.17) is 28.2 Å². The third kappa shape index (κ3) is 5.08. The summed E-state index contributed by atoms with van der Waals surface area (Å²) in [5.41, 5.74) is 1.94. The molecule has 5 rings (SSSR count). The van der Waals surface area contributed by atoms with Gasteiger partial charge in [0.05, 0.1) is 21.7 Å². The Labute approximate surface area is 229 Å². The van der Waals surface area contributed by atoms with Gasteiger partial charge in [0.15, 0.2) is 0 Å². The standard InChI is InChI=1S/C27H30Cl2F3N5O/c1-3-36-8-10-37(11-9-36)22-15-23-21(14-20(22)29)34-24(35(23)2)13-18-12-17(4-5-19(18)28)16-33-25(38)26(6-7-26)27(30,31)32/h4-5,12,14-15H,3,6-11,13,16H2,1-2H3,(H,33,38). The van der Waals surface area contributed by atoms with Crippen LogP contribution in [0, 0.1) is 5.41 Å². The van der Waals surface area contributed by atoms with E-state index in [2.05, 4.69) is 28.1 Å². The summed E-state index contributed by atoms with van der Waals surface area (Å²) in [4.78, 5) is 21.8. The van der Waals surface area contributed by atoms with Gasteiger partial charge in [-0.25, -0.2) is 4.98 Å². The van der Waals surface area contributed by atoms with E-state index in [1.165, 1.54) is 0 Å². The largest absolute Gasteiger partial charge is 0.403 e. The second-order valence-corrected chi connectivity index (χ2v) is 11.0. The maximum Gasteiger partial charge on any atom is 0.403 e. The highest BCUT2D eigenvalue weighted by atomic mass is 35.5. The number of anilines is 1. The Morgan fingerprint density at radius 1 is 1.08 bits per heavy atom. The van der Waals surface area contributed by atoms with E-state index in [1.54, 1.807) is 18.2 Å². The molecule has 1 aliphatic carbocycles. The van der Waals surface area contributed by atoms with Crippen molar-refractivity contribution in [3.8, 4) is 0 Å². The molecule has 1 saturated carbocycles. The van der Waals surface area contributed by atoms with Gasteiger partial charge in [0.1, 0.15) is 11.2 Å². The van der Waals surface area contributed by atoms with Gasteiger partial charge in [-0.05, 0) is 48.7 Å². The van der Waals surface area contributed by atoms with Gasteiger partial charge >= 0.3 is 6.18 Å². The van der Waals surface area contributed by atoms with E-state index in [9.17, 15) is 18.0 Å². The summed E-state index contributed by atoms with van der Waals surface area (Å²) in [6.45, 7) is 7.01. The molecule has 1 N–H and O–H groups in total. The van der Waals surface area contributed by atoms with E-state index in [1.807, 2.05) is 17.7 Å². The number of amides is 1. The molecular formula is C27H30Cl2F3N5O. The third-order valence-corrected chi connectivity index (χ3v) is 8.51. The molecular weight excluding hydrogens is 538 g/mol. The van der Waals surface area contributed by atoms with Gasteiger partial charge in [-0.1, -0.05) is 42.3 Å². The maximum atomic E-state index is 13.2. The fourth-order valence-corrected chi connectivity index (χ4v) is 5.58. The summed E-state index contributed by atoms with van der Waals surface area (Å²) in [5, 5.41) is 3.64. The molecule has 11 heteroatoms. The first-order valence-electron chi connectivity index (χ1n) is 12.8. The number of aryl methyl sites for hydroxylation is 1. The van der Waals surface area contributed by atoms with Crippen LogP contribution in [0.2, 0.25) is 10.0 Å². The molecule has 1 saturated heterocycles. The average molecular weight is 568 g/mol. The lowest BCUT2D eigenvalue weighted by atomic mass is 10.0. The monoisotopic (exact) mass is 567 g/mol. The molecule has 1 aliphatic heterocycles. The lowest BCUT2D eigenvalue weighted by Crippen LogP contribution is -2.46. The molecule has 204 valence electrons. The number of alkyl halides is 3. The summed E-state index contributed by atoms with van der Waals surface area (Å²) in [5.74, 6) is -0.193. The Bertz CT molecular complexity index is 1360. The molecule has 38 heavy (non-hydrogen) atoms. The summed E-state index contributed by atoms with van der Waals surface area (Å²) >= 11 is 13.1. The summed E-state index contributed by atoms with van der Waals surface area (Å²) in [7, 11) is 1.95. The van der Waals surface area contributed by atoms with E-state index < -0.39 is 17.5 Å². The number of nitrogens with zero attached hydrogens (tertiary/aromatic N) is 4. The highest BCUT2D eigenvalue weighted by molar-refractivity contribution is 6.34. The molecule has 1 aromatic heterocycles. The molecule has 2 aliphatic rings. The predicted molar refractivity (Wildman–Crippen MR) is 144 cm³/mol. The van der Waals surface area contributed by atoms with E-state index in [0.29, 0.717) is 22.0 Å². The van der Waals surface area contributed by atoms with E-state index in [0.717, 1.165) is 60.8 Å². The highest BCUT2D eigenvalue weighted by Gasteiger charge is 2.68. The first-order valence-corrected chi connectivity index (χ1v) is 13.5. The van der Waals surface area contributed by atoms with Crippen molar-refractivity contribution < 1.29 is 18.0 Å². The Kier molecular flexibility index (Phi) is 7.30. The number of nitrogens with one attached hydrogen (secondary N) is 1. The van der Waals surface area contributed by atoms with E-state index in [-0.39, 0.29) is 19.4 Å². The van der Waals surface area contributed by atoms with Gasteiger partial charge in [-0.2, -0.15) is 13.2 Å². The number of carbonyl (C=O) groups is 1. The van der Waals surface area contributed by atoms with Gasteiger partial charge in [-0.15, -0.1) is 0 Å². The van der Waals surface area contributed by atoms with Crippen molar-refractivity contribution >= 4 is 45.8 Å². The number of likely N-dealkylation sites (N-methyl/N-ethyl adjacent to an activating group) is 1. The molecule has 0 unspecified atom stereocenters. The van der Waals surface area contributed by atoms with Crippen molar-refractivity contribution in [1.82, 2.24) is 19.8 Å². The van der Waals surface area contributed by atoms with Gasteiger partial charge in [-0.3, -0.25) is 4.79 Å². The van der Waals surface area contributed by atoms with Crippen LogP contribution < -0.4 is 10.2 Å². The van der Waals surface area contributed by atoms with Crippen LogP contribution in [0.3, 0.4) is 0 Å². The second kappa shape index (κ2) is 10.2. The molecule has 0 radical (unpaired) electrons. The van der Waals surface area contributed by atoms with Gasteiger partial charge in [0.25, 0.3) is 0 Å². The first-order chi connectivity index (χ1) is 18.0. The molecule has 0 bridgehead atoms. The number of piperazine rings is 1. The zero-order chi connectivity index (χ0) is 27.2. The number of benzene rings is 2. The van der Waals surface area contributed by atoms with Gasteiger partial charge in [0.2, 0.25) is 5.91 Å². The summed E-state index contributed by atoms with van der Waals surface area (Å²) in [6.07, 6.45) is -4.45. The number of imidazole rings is 1. The Hall–Kier alpha value is -2.49. The van der Waals surface area contributed by atoms with Crippen molar-refractivity contribution in [1.29, 1.82) is 0 Å². The zero-order valence-electron chi connectivity index (χ0n) is 21.3. The zero-order valence-corrected chi connectivity index (χ0v) is 22.8. The number of rotatable bonds is 7. The molecule has 6 nitrogen and oxygen atoms in total. The normalized spacial score (nSPS) is 17.7. The van der Waals surface area contributed by atoms with Crippen molar-refractivity contribution in [3.63, 3.8) is 0 Å². The van der Waals surface area contributed by atoms with Crippen LogP contribution in [0.5, 0.6) is 0 Å². The molecule has 0 atom stereocenters. The minimum atomic E-state index is -4.53. The number of hydrogen-bond donors (Lipinski definition) is 1. The van der Waals surface area contributed by atoms with Crippen molar-refractivity contribution in [3.05, 3.63) is 57.3 Å². The summed E-state index contributed by atoms with van der Waals surface area (Å²) in [6, 6.07) is 9.18. The van der Waals surface area contributed by atoms with Gasteiger partial charge in [0, 0.05) is 51.2 Å². The Balaban J connectivity index is 1.33. The first kappa shape index (κ1) is 27.1. The topological polar surface area (TPSA) is 53.4 Å². The maximum absolute atomic E-state index is 13.2. The lowest BCUT2D eigenvalue weighted by Gasteiger charge is -2.36. The van der Waals surface area contributed by atoms with Crippen LogP contribution in [0.15, 0.2) is 30.3 Å². The minimum absolute atomic E-state index is 0.00631. The fraction of sp³-hybridized carbons (Fsp3) is 0.481. The third-order valence-electron chi connectivity index (χ3n) is 7.84. The average Bonchev–Trinajstić information content (AvgIpc) is 3.66. The van der Waals surface area contributed by atoms with Crippen molar-refractivity contribution in [2.24, 2.45) is 12.5 Å². The van der Waals surface area contributed by atoms with Crippen molar-refractivity contribution in [2.75, 3.05) is 37.6 Å². The summed E-state index contributed by atoms with van der Waals surface area (Å²) < 4.78 is 41.7. The number of carbonyl (C=O) groups excluding carboxylic acids is 1.